The van der Waals surface area contributed by atoms with Gasteiger partial charge in [0.25, 0.3) is 0 Å². The molecule has 0 saturated carbocycles. The van der Waals surface area contributed by atoms with Gasteiger partial charge in [-0.1, -0.05) is 32.9 Å². The lowest BCUT2D eigenvalue weighted by molar-refractivity contribution is -0.0153. The standard InChI is InChI=1S/C13H19FO/c1-10(13(2,3)4)15-9-11-5-7-12(14)8-6-11/h5-8,10H,9H2,1-4H3. The van der Waals surface area contributed by atoms with E-state index in [1.807, 2.05) is 0 Å². The van der Waals surface area contributed by atoms with E-state index in [0.29, 0.717) is 6.61 Å². The van der Waals surface area contributed by atoms with Crippen molar-refractivity contribution in [1.29, 1.82) is 0 Å². The van der Waals surface area contributed by atoms with Gasteiger partial charge >= 0.3 is 0 Å². The Morgan fingerprint density at radius 3 is 2.20 bits per heavy atom. The first kappa shape index (κ1) is 12.2. The molecule has 0 heterocycles. The van der Waals surface area contributed by atoms with E-state index >= 15 is 0 Å². The first-order valence-electron chi connectivity index (χ1n) is 5.25. The maximum atomic E-state index is 12.6. The Bertz CT molecular complexity index is 297. The van der Waals surface area contributed by atoms with Crippen molar-refractivity contribution in [3.8, 4) is 0 Å². The Morgan fingerprint density at radius 1 is 1.20 bits per heavy atom. The molecule has 0 amide bonds. The summed E-state index contributed by atoms with van der Waals surface area (Å²) in [6.45, 7) is 9.02. The van der Waals surface area contributed by atoms with Gasteiger partial charge in [-0.25, -0.2) is 4.39 Å². The lowest BCUT2D eigenvalue weighted by Crippen LogP contribution is -2.25. The fraction of sp³-hybridized carbons (Fsp3) is 0.538. The second-order valence-electron chi connectivity index (χ2n) is 4.95. The Morgan fingerprint density at radius 2 is 1.73 bits per heavy atom. The highest BCUT2D eigenvalue weighted by Crippen LogP contribution is 2.22. The minimum Gasteiger partial charge on any atom is -0.373 e. The molecule has 1 atom stereocenters. The average Bonchev–Trinajstić information content (AvgIpc) is 2.15. The molecular formula is C13H19FO. The fourth-order valence-corrected chi connectivity index (χ4v) is 1.05. The van der Waals surface area contributed by atoms with Gasteiger partial charge in [0.05, 0.1) is 12.7 Å². The summed E-state index contributed by atoms with van der Waals surface area (Å²) in [6, 6.07) is 6.43. The smallest absolute Gasteiger partial charge is 0.123 e. The zero-order chi connectivity index (χ0) is 11.5. The average molecular weight is 210 g/mol. The van der Waals surface area contributed by atoms with E-state index in [4.69, 9.17) is 4.74 Å². The van der Waals surface area contributed by atoms with Crippen molar-refractivity contribution in [2.45, 2.75) is 40.4 Å². The number of hydrogen-bond acceptors (Lipinski definition) is 1. The highest BCUT2D eigenvalue weighted by molar-refractivity contribution is 5.14. The quantitative estimate of drug-likeness (QED) is 0.737. The van der Waals surface area contributed by atoms with Crippen LogP contribution in [0.4, 0.5) is 4.39 Å². The van der Waals surface area contributed by atoms with Crippen molar-refractivity contribution in [2.24, 2.45) is 5.41 Å². The summed E-state index contributed by atoms with van der Waals surface area (Å²) in [5, 5.41) is 0. The van der Waals surface area contributed by atoms with Crippen LogP contribution in [0.5, 0.6) is 0 Å². The number of rotatable bonds is 3. The van der Waals surface area contributed by atoms with E-state index in [-0.39, 0.29) is 17.3 Å². The van der Waals surface area contributed by atoms with Gasteiger partial charge in [0.15, 0.2) is 0 Å². The first-order valence-corrected chi connectivity index (χ1v) is 5.25. The molecule has 0 saturated heterocycles. The van der Waals surface area contributed by atoms with Gasteiger partial charge < -0.3 is 4.74 Å². The zero-order valence-electron chi connectivity index (χ0n) is 9.88. The molecule has 0 spiro atoms. The predicted octanol–water partition coefficient (Wildman–Crippen LogP) is 3.78. The molecule has 84 valence electrons. The molecule has 1 rings (SSSR count). The molecular weight excluding hydrogens is 191 g/mol. The lowest BCUT2D eigenvalue weighted by Gasteiger charge is -2.27. The highest BCUT2D eigenvalue weighted by atomic mass is 19.1. The zero-order valence-corrected chi connectivity index (χ0v) is 9.88. The Balaban J connectivity index is 2.47. The largest absolute Gasteiger partial charge is 0.373 e. The maximum Gasteiger partial charge on any atom is 0.123 e. The molecule has 0 fully saturated rings. The number of benzene rings is 1. The molecule has 0 aliphatic rings. The van der Waals surface area contributed by atoms with Gasteiger partial charge in [-0.2, -0.15) is 0 Å². The Kier molecular flexibility index (Phi) is 3.86. The summed E-state index contributed by atoms with van der Waals surface area (Å²) in [5.74, 6) is -0.206. The molecule has 2 heteroatoms. The fourth-order valence-electron chi connectivity index (χ4n) is 1.05. The van der Waals surface area contributed by atoms with Crippen molar-refractivity contribution in [1.82, 2.24) is 0 Å². The molecule has 1 nitrogen and oxygen atoms in total. The summed E-state index contributed by atoms with van der Waals surface area (Å²) in [4.78, 5) is 0. The van der Waals surface area contributed by atoms with Crippen LogP contribution in [0.25, 0.3) is 0 Å². The van der Waals surface area contributed by atoms with Crippen LogP contribution >= 0.6 is 0 Å². The van der Waals surface area contributed by atoms with Crippen LogP contribution in [-0.4, -0.2) is 6.10 Å². The molecule has 0 radical (unpaired) electrons. The van der Waals surface area contributed by atoms with E-state index < -0.39 is 0 Å². The molecule has 0 bridgehead atoms. The minimum absolute atomic E-state index is 0.139. The van der Waals surface area contributed by atoms with E-state index in [2.05, 4.69) is 27.7 Å². The third-order valence-corrected chi connectivity index (χ3v) is 2.63. The Hall–Kier alpha value is -0.890. The number of halogens is 1. The summed E-state index contributed by atoms with van der Waals surface area (Å²) < 4.78 is 18.3. The van der Waals surface area contributed by atoms with Gasteiger partial charge in [0.1, 0.15) is 5.82 Å². The van der Waals surface area contributed by atoms with E-state index in [9.17, 15) is 4.39 Å². The molecule has 1 aromatic rings. The normalized spacial score (nSPS) is 13.9. The van der Waals surface area contributed by atoms with Crippen LogP contribution in [0.2, 0.25) is 0 Å². The second-order valence-corrected chi connectivity index (χ2v) is 4.95. The third kappa shape index (κ3) is 4.00. The van der Waals surface area contributed by atoms with Crippen LogP contribution in [0.1, 0.15) is 33.3 Å². The van der Waals surface area contributed by atoms with Crippen LogP contribution in [-0.2, 0) is 11.3 Å². The summed E-state index contributed by atoms with van der Waals surface area (Å²) in [7, 11) is 0. The number of ether oxygens (including phenoxy) is 1. The van der Waals surface area contributed by atoms with Crippen LogP contribution in [0.3, 0.4) is 0 Å². The van der Waals surface area contributed by atoms with Gasteiger partial charge in [-0.05, 0) is 30.0 Å². The summed E-state index contributed by atoms with van der Waals surface area (Å²) >= 11 is 0. The molecule has 0 aliphatic carbocycles. The minimum atomic E-state index is -0.206. The molecule has 0 N–H and O–H groups in total. The van der Waals surface area contributed by atoms with Crippen LogP contribution in [0, 0.1) is 11.2 Å². The molecule has 15 heavy (non-hydrogen) atoms. The SMILES string of the molecule is CC(OCc1ccc(F)cc1)C(C)(C)C. The summed E-state index contributed by atoms with van der Waals surface area (Å²) in [6.07, 6.45) is 0.183. The van der Waals surface area contributed by atoms with Crippen molar-refractivity contribution in [2.75, 3.05) is 0 Å². The Labute approximate surface area is 91.3 Å². The monoisotopic (exact) mass is 210 g/mol. The number of hydrogen-bond donors (Lipinski definition) is 0. The predicted molar refractivity (Wildman–Crippen MR) is 60.1 cm³/mol. The van der Waals surface area contributed by atoms with Gasteiger partial charge in [0.2, 0.25) is 0 Å². The second kappa shape index (κ2) is 4.75. The maximum absolute atomic E-state index is 12.6. The molecule has 0 aromatic heterocycles. The van der Waals surface area contributed by atoms with E-state index in [0.717, 1.165) is 5.56 Å². The molecule has 1 unspecified atom stereocenters. The van der Waals surface area contributed by atoms with Crippen molar-refractivity contribution in [3.63, 3.8) is 0 Å². The first-order chi connectivity index (χ1) is 6.89. The van der Waals surface area contributed by atoms with Gasteiger partial charge in [-0.3, -0.25) is 0 Å². The van der Waals surface area contributed by atoms with Gasteiger partial charge in [0, 0.05) is 0 Å². The highest BCUT2D eigenvalue weighted by Gasteiger charge is 2.20. The molecule has 1 aromatic carbocycles. The van der Waals surface area contributed by atoms with Crippen LogP contribution in [0.15, 0.2) is 24.3 Å². The summed E-state index contributed by atoms with van der Waals surface area (Å²) in [5.41, 5.74) is 1.15. The van der Waals surface area contributed by atoms with Crippen molar-refractivity contribution >= 4 is 0 Å². The van der Waals surface area contributed by atoms with E-state index in [1.165, 1.54) is 12.1 Å². The van der Waals surface area contributed by atoms with Crippen LogP contribution < -0.4 is 0 Å². The lowest BCUT2D eigenvalue weighted by atomic mass is 9.90. The van der Waals surface area contributed by atoms with E-state index in [1.54, 1.807) is 12.1 Å². The van der Waals surface area contributed by atoms with Crippen molar-refractivity contribution in [3.05, 3.63) is 35.6 Å². The van der Waals surface area contributed by atoms with Crippen molar-refractivity contribution < 1.29 is 9.13 Å². The topological polar surface area (TPSA) is 9.23 Å². The third-order valence-electron chi connectivity index (χ3n) is 2.63. The molecule has 0 aliphatic heterocycles. The van der Waals surface area contributed by atoms with Gasteiger partial charge in [-0.15, -0.1) is 0 Å².